The fourth-order valence-electron chi connectivity index (χ4n) is 3.06. The van der Waals surface area contributed by atoms with E-state index in [0.717, 1.165) is 31.6 Å². The first kappa shape index (κ1) is 14.8. The van der Waals surface area contributed by atoms with Gasteiger partial charge in [-0.05, 0) is 43.7 Å². The molecule has 1 fully saturated rings. The Morgan fingerprint density at radius 1 is 1.35 bits per heavy atom. The number of rotatable bonds is 5. The number of aromatic carboxylic acids is 1. The molecule has 2 rings (SSSR count). The molecule has 0 heterocycles. The van der Waals surface area contributed by atoms with Crippen LogP contribution in [-0.2, 0) is 0 Å². The van der Waals surface area contributed by atoms with E-state index < -0.39 is 11.8 Å². The Kier molecular flexibility index (Phi) is 4.99. The molecule has 1 saturated carbocycles. The zero-order valence-corrected chi connectivity index (χ0v) is 11.9. The summed E-state index contributed by atoms with van der Waals surface area (Å²) in [5, 5.41) is 12.2. The van der Waals surface area contributed by atoms with Crippen molar-refractivity contribution in [2.24, 2.45) is 5.92 Å². The van der Waals surface area contributed by atoms with Crippen molar-refractivity contribution in [1.82, 2.24) is 0 Å². The van der Waals surface area contributed by atoms with Crippen LogP contribution in [0.5, 0.6) is 0 Å². The molecule has 0 amide bonds. The van der Waals surface area contributed by atoms with Gasteiger partial charge in [0.2, 0.25) is 0 Å². The second-order valence-electron chi connectivity index (χ2n) is 5.62. The fourth-order valence-corrected chi connectivity index (χ4v) is 3.06. The summed E-state index contributed by atoms with van der Waals surface area (Å²) in [4.78, 5) is 11.1. The van der Waals surface area contributed by atoms with Crippen molar-refractivity contribution in [3.05, 3.63) is 29.6 Å². The third-order valence-electron chi connectivity index (χ3n) is 4.14. The molecule has 2 N–H and O–H groups in total. The van der Waals surface area contributed by atoms with Gasteiger partial charge in [0, 0.05) is 6.04 Å². The van der Waals surface area contributed by atoms with Crippen molar-refractivity contribution in [2.45, 2.75) is 51.5 Å². The van der Waals surface area contributed by atoms with Crippen LogP contribution >= 0.6 is 0 Å². The van der Waals surface area contributed by atoms with Gasteiger partial charge in [-0.15, -0.1) is 0 Å². The minimum atomic E-state index is -1.09. The SMILES string of the molecule is CCCC1CCC(Nc2c(F)cccc2C(=O)O)CC1. The molecule has 0 aromatic heterocycles. The number of halogens is 1. The molecule has 0 radical (unpaired) electrons. The molecule has 0 bridgehead atoms. The van der Waals surface area contributed by atoms with E-state index in [9.17, 15) is 9.18 Å². The van der Waals surface area contributed by atoms with Crippen molar-refractivity contribution in [2.75, 3.05) is 5.32 Å². The van der Waals surface area contributed by atoms with Crippen LogP contribution in [0, 0.1) is 11.7 Å². The smallest absolute Gasteiger partial charge is 0.337 e. The molecule has 1 aliphatic rings. The number of anilines is 1. The molecular weight excluding hydrogens is 257 g/mol. The van der Waals surface area contributed by atoms with E-state index in [1.165, 1.54) is 31.0 Å². The number of carbonyl (C=O) groups is 1. The molecule has 0 saturated heterocycles. The Morgan fingerprint density at radius 2 is 2.05 bits per heavy atom. The third kappa shape index (κ3) is 3.50. The average molecular weight is 279 g/mol. The van der Waals surface area contributed by atoms with Crippen LogP contribution in [0.3, 0.4) is 0 Å². The van der Waals surface area contributed by atoms with Gasteiger partial charge in [0.25, 0.3) is 0 Å². The van der Waals surface area contributed by atoms with Crippen molar-refractivity contribution in [3.8, 4) is 0 Å². The molecule has 20 heavy (non-hydrogen) atoms. The molecule has 1 aromatic rings. The summed E-state index contributed by atoms with van der Waals surface area (Å²) in [6, 6.07) is 4.36. The number of para-hydroxylation sites is 1. The standard InChI is InChI=1S/C16H22FNO2/c1-2-4-11-7-9-12(10-8-11)18-15-13(16(19)20)5-3-6-14(15)17/h3,5-6,11-12,18H,2,4,7-10H2,1H3,(H,19,20). The summed E-state index contributed by atoms with van der Waals surface area (Å²) in [5.41, 5.74) is 0.152. The molecule has 0 spiro atoms. The van der Waals surface area contributed by atoms with Gasteiger partial charge in [-0.1, -0.05) is 25.8 Å². The molecule has 0 atom stereocenters. The lowest BCUT2D eigenvalue weighted by atomic mass is 9.83. The maximum absolute atomic E-state index is 13.8. The Balaban J connectivity index is 2.03. The van der Waals surface area contributed by atoms with Gasteiger partial charge in [-0.3, -0.25) is 0 Å². The van der Waals surface area contributed by atoms with Crippen LogP contribution < -0.4 is 5.32 Å². The van der Waals surface area contributed by atoms with Gasteiger partial charge in [-0.2, -0.15) is 0 Å². The average Bonchev–Trinajstić information content (AvgIpc) is 2.43. The third-order valence-corrected chi connectivity index (χ3v) is 4.14. The highest BCUT2D eigenvalue weighted by molar-refractivity contribution is 5.94. The summed E-state index contributed by atoms with van der Waals surface area (Å²) in [5.74, 6) is -0.801. The van der Waals surface area contributed by atoms with Crippen LogP contribution in [0.1, 0.15) is 55.8 Å². The van der Waals surface area contributed by atoms with Gasteiger partial charge in [-0.25, -0.2) is 9.18 Å². The Bertz CT molecular complexity index is 468. The number of benzene rings is 1. The van der Waals surface area contributed by atoms with E-state index in [1.807, 2.05) is 0 Å². The van der Waals surface area contributed by atoms with Gasteiger partial charge in [0.05, 0.1) is 11.3 Å². The van der Waals surface area contributed by atoms with Crippen LogP contribution in [0.2, 0.25) is 0 Å². The molecule has 1 aliphatic carbocycles. The van der Waals surface area contributed by atoms with E-state index in [-0.39, 0.29) is 17.3 Å². The Labute approximate surface area is 119 Å². The van der Waals surface area contributed by atoms with Crippen molar-refractivity contribution < 1.29 is 14.3 Å². The second-order valence-corrected chi connectivity index (χ2v) is 5.62. The summed E-state index contributed by atoms with van der Waals surface area (Å²) >= 11 is 0. The first-order chi connectivity index (χ1) is 9.61. The lowest BCUT2D eigenvalue weighted by molar-refractivity contribution is 0.0697. The molecule has 1 aromatic carbocycles. The lowest BCUT2D eigenvalue weighted by Crippen LogP contribution is -2.27. The monoisotopic (exact) mass is 279 g/mol. The number of hydrogen-bond acceptors (Lipinski definition) is 2. The predicted octanol–water partition coefficient (Wildman–Crippen LogP) is 4.29. The number of hydrogen-bond donors (Lipinski definition) is 2. The largest absolute Gasteiger partial charge is 0.478 e. The maximum atomic E-state index is 13.8. The first-order valence-corrected chi connectivity index (χ1v) is 7.40. The molecule has 3 nitrogen and oxygen atoms in total. The number of carboxylic acids is 1. The quantitative estimate of drug-likeness (QED) is 0.845. The summed E-state index contributed by atoms with van der Waals surface area (Å²) < 4.78 is 13.8. The van der Waals surface area contributed by atoms with Gasteiger partial charge in [0.15, 0.2) is 0 Å². The first-order valence-electron chi connectivity index (χ1n) is 7.40. The van der Waals surface area contributed by atoms with Gasteiger partial charge < -0.3 is 10.4 Å². The van der Waals surface area contributed by atoms with Crippen molar-refractivity contribution >= 4 is 11.7 Å². The normalized spacial score (nSPS) is 22.5. The predicted molar refractivity (Wildman–Crippen MR) is 77.6 cm³/mol. The van der Waals surface area contributed by atoms with Crippen LogP contribution in [0.25, 0.3) is 0 Å². The molecular formula is C16H22FNO2. The second kappa shape index (κ2) is 6.73. The van der Waals surface area contributed by atoms with E-state index in [4.69, 9.17) is 5.11 Å². The van der Waals surface area contributed by atoms with E-state index >= 15 is 0 Å². The van der Waals surface area contributed by atoms with Crippen LogP contribution in [-0.4, -0.2) is 17.1 Å². The summed E-state index contributed by atoms with van der Waals surface area (Å²) in [6.07, 6.45) is 6.72. The maximum Gasteiger partial charge on any atom is 0.337 e. The van der Waals surface area contributed by atoms with E-state index in [1.54, 1.807) is 0 Å². The highest BCUT2D eigenvalue weighted by Crippen LogP contribution is 2.31. The molecule has 4 heteroatoms. The molecule has 110 valence electrons. The minimum Gasteiger partial charge on any atom is -0.478 e. The summed E-state index contributed by atoms with van der Waals surface area (Å²) in [6.45, 7) is 2.20. The van der Waals surface area contributed by atoms with Crippen molar-refractivity contribution in [3.63, 3.8) is 0 Å². The Hall–Kier alpha value is -1.58. The minimum absolute atomic E-state index is 0.0145. The van der Waals surface area contributed by atoms with E-state index in [2.05, 4.69) is 12.2 Å². The van der Waals surface area contributed by atoms with E-state index in [0.29, 0.717) is 0 Å². The molecule has 0 aliphatic heterocycles. The van der Waals surface area contributed by atoms with Crippen LogP contribution in [0.15, 0.2) is 18.2 Å². The Morgan fingerprint density at radius 3 is 2.65 bits per heavy atom. The topological polar surface area (TPSA) is 49.3 Å². The number of carboxylic acid groups (broad SMARTS) is 1. The summed E-state index contributed by atoms with van der Waals surface area (Å²) in [7, 11) is 0. The zero-order valence-electron chi connectivity index (χ0n) is 11.9. The highest BCUT2D eigenvalue weighted by Gasteiger charge is 2.23. The van der Waals surface area contributed by atoms with Gasteiger partial charge >= 0.3 is 5.97 Å². The molecule has 0 unspecified atom stereocenters. The highest BCUT2D eigenvalue weighted by atomic mass is 19.1. The van der Waals surface area contributed by atoms with Crippen molar-refractivity contribution in [1.29, 1.82) is 0 Å². The van der Waals surface area contributed by atoms with Gasteiger partial charge in [0.1, 0.15) is 5.82 Å². The van der Waals surface area contributed by atoms with Crippen LogP contribution in [0.4, 0.5) is 10.1 Å². The zero-order chi connectivity index (χ0) is 14.5. The lowest BCUT2D eigenvalue weighted by Gasteiger charge is -2.30. The fraction of sp³-hybridized carbons (Fsp3) is 0.562. The number of nitrogens with one attached hydrogen (secondary N) is 1.